The molecule has 0 amide bonds. The van der Waals surface area contributed by atoms with Crippen molar-refractivity contribution in [3.63, 3.8) is 0 Å². The van der Waals surface area contributed by atoms with E-state index in [1.807, 2.05) is 63.2 Å². The predicted molar refractivity (Wildman–Crippen MR) is 77.6 cm³/mol. The Bertz CT molecular complexity index is 541. The highest BCUT2D eigenvalue weighted by molar-refractivity contribution is 5.45. The minimum Gasteiger partial charge on any atom is -0.493 e. The third kappa shape index (κ3) is 2.79. The normalized spacial score (nSPS) is 12.2. The highest BCUT2D eigenvalue weighted by atomic mass is 16.5. The van der Waals surface area contributed by atoms with Crippen molar-refractivity contribution in [2.24, 2.45) is 0 Å². The van der Waals surface area contributed by atoms with Crippen molar-refractivity contribution in [3.8, 4) is 5.75 Å². The summed E-state index contributed by atoms with van der Waals surface area (Å²) in [6.45, 7) is 6.59. The summed E-state index contributed by atoms with van der Waals surface area (Å²) < 4.78 is 5.60. The lowest BCUT2D eigenvalue weighted by molar-refractivity contribution is 0.210. The van der Waals surface area contributed by atoms with E-state index in [-0.39, 0.29) is 0 Å². The van der Waals surface area contributed by atoms with Gasteiger partial charge in [-0.2, -0.15) is 0 Å². The summed E-state index contributed by atoms with van der Waals surface area (Å²) in [5, 5.41) is 10.7. The monoisotopic (exact) mass is 256 g/mol. The maximum atomic E-state index is 10.7. The summed E-state index contributed by atoms with van der Waals surface area (Å²) in [6, 6.07) is 13.7. The van der Waals surface area contributed by atoms with E-state index in [1.165, 1.54) is 0 Å². The highest BCUT2D eigenvalue weighted by Gasteiger charge is 2.18. The van der Waals surface area contributed by atoms with Crippen LogP contribution in [0.5, 0.6) is 5.75 Å². The minimum absolute atomic E-state index is 0.594. The number of benzene rings is 2. The van der Waals surface area contributed by atoms with E-state index >= 15 is 0 Å². The third-order valence-corrected chi connectivity index (χ3v) is 3.33. The van der Waals surface area contributed by atoms with Crippen LogP contribution in [-0.4, -0.2) is 11.7 Å². The number of aryl methyl sites for hydroxylation is 2. The van der Waals surface area contributed by atoms with Crippen LogP contribution in [0.2, 0.25) is 0 Å². The van der Waals surface area contributed by atoms with Gasteiger partial charge >= 0.3 is 0 Å². The van der Waals surface area contributed by atoms with Crippen LogP contribution < -0.4 is 4.74 Å². The van der Waals surface area contributed by atoms with Gasteiger partial charge in [-0.15, -0.1) is 0 Å². The van der Waals surface area contributed by atoms with Gasteiger partial charge in [0.2, 0.25) is 0 Å². The van der Waals surface area contributed by atoms with E-state index in [4.69, 9.17) is 4.74 Å². The average Bonchev–Trinajstić information content (AvgIpc) is 2.39. The molecule has 0 radical (unpaired) electrons. The fourth-order valence-electron chi connectivity index (χ4n) is 2.41. The third-order valence-electron chi connectivity index (χ3n) is 3.33. The average molecular weight is 256 g/mol. The first-order valence-corrected chi connectivity index (χ1v) is 6.61. The second kappa shape index (κ2) is 5.89. The standard InChI is InChI=1S/C17H20O2/c1-4-19-15-11-6-5-10-14(15)17(18)16-12(2)8-7-9-13(16)3/h5-11,17-18H,4H2,1-3H3. The van der Waals surface area contributed by atoms with Crippen molar-refractivity contribution < 1.29 is 9.84 Å². The van der Waals surface area contributed by atoms with Crippen LogP contribution in [0, 0.1) is 13.8 Å². The second-order valence-electron chi connectivity index (χ2n) is 4.68. The predicted octanol–water partition coefficient (Wildman–Crippen LogP) is 3.78. The maximum Gasteiger partial charge on any atom is 0.125 e. The number of aliphatic hydroxyl groups excluding tert-OH is 1. The molecule has 1 unspecified atom stereocenters. The molecule has 0 aromatic heterocycles. The lowest BCUT2D eigenvalue weighted by Crippen LogP contribution is -2.07. The van der Waals surface area contributed by atoms with Gasteiger partial charge in [-0.25, -0.2) is 0 Å². The quantitative estimate of drug-likeness (QED) is 0.902. The Morgan fingerprint density at radius 2 is 1.63 bits per heavy atom. The molecule has 0 aliphatic rings. The molecule has 2 nitrogen and oxygen atoms in total. The largest absolute Gasteiger partial charge is 0.493 e. The zero-order valence-electron chi connectivity index (χ0n) is 11.7. The molecular weight excluding hydrogens is 236 g/mol. The summed E-state index contributed by atoms with van der Waals surface area (Å²) in [7, 11) is 0. The van der Waals surface area contributed by atoms with Crippen molar-refractivity contribution >= 4 is 0 Å². The van der Waals surface area contributed by atoms with Gasteiger partial charge in [0.05, 0.1) is 6.61 Å². The van der Waals surface area contributed by atoms with Crippen molar-refractivity contribution in [2.45, 2.75) is 26.9 Å². The second-order valence-corrected chi connectivity index (χ2v) is 4.68. The first kappa shape index (κ1) is 13.6. The summed E-state index contributed by atoms with van der Waals surface area (Å²) in [5.41, 5.74) is 3.98. The minimum atomic E-state index is -0.649. The van der Waals surface area contributed by atoms with Crippen molar-refractivity contribution in [3.05, 3.63) is 64.7 Å². The molecule has 1 atom stereocenters. The van der Waals surface area contributed by atoms with Gasteiger partial charge in [-0.3, -0.25) is 0 Å². The van der Waals surface area contributed by atoms with Gasteiger partial charge in [0, 0.05) is 5.56 Å². The Balaban J connectivity index is 2.47. The zero-order chi connectivity index (χ0) is 13.8. The Morgan fingerprint density at radius 3 is 2.26 bits per heavy atom. The highest BCUT2D eigenvalue weighted by Crippen LogP contribution is 2.33. The SMILES string of the molecule is CCOc1ccccc1C(O)c1c(C)cccc1C. The van der Waals surface area contributed by atoms with E-state index in [9.17, 15) is 5.11 Å². The van der Waals surface area contributed by atoms with Gasteiger partial charge in [0.1, 0.15) is 11.9 Å². The fraction of sp³-hybridized carbons (Fsp3) is 0.294. The summed E-state index contributed by atoms with van der Waals surface area (Å²) >= 11 is 0. The zero-order valence-corrected chi connectivity index (χ0v) is 11.7. The first-order valence-electron chi connectivity index (χ1n) is 6.61. The molecule has 0 bridgehead atoms. The molecule has 0 spiro atoms. The van der Waals surface area contributed by atoms with Crippen LogP contribution in [0.1, 0.15) is 35.3 Å². The Hall–Kier alpha value is -1.80. The molecule has 0 saturated carbocycles. The van der Waals surface area contributed by atoms with E-state index in [2.05, 4.69) is 0 Å². The van der Waals surface area contributed by atoms with Crippen LogP contribution in [0.25, 0.3) is 0 Å². The van der Waals surface area contributed by atoms with E-state index < -0.39 is 6.10 Å². The number of hydrogen-bond acceptors (Lipinski definition) is 2. The molecular formula is C17H20O2. The van der Waals surface area contributed by atoms with E-state index in [0.29, 0.717) is 6.61 Å². The number of aliphatic hydroxyl groups is 1. The molecule has 0 saturated heterocycles. The molecule has 19 heavy (non-hydrogen) atoms. The van der Waals surface area contributed by atoms with Crippen LogP contribution >= 0.6 is 0 Å². The summed E-state index contributed by atoms with van der Waals surface area (Å²) in [4.78, 5) is 0. The van der Waals surface area contributed by atoms with Gasteiger partial charge < -0.3 is 9.84 Å². The smallest absolute Gasteiger partial charge is 0.125 e. The Labute approximate surface area is 114 Å². The van der Waals surface area contributed by atoms with E-state index in [1.54, 1.807) is 0 Å². The number of ether oxygens (including phenoxy) is 1. The van der Waals surface area contributed by atoms with Crippen molar-refractivity contribution in [2.75, 3.05) is 6.61 Å². The van der Waals surface area contributed by atoms with Crippen molar-refractivity contribution in [1.29, 1.82) is 0 Å². The molecule has 2 aromatic carbocycles. The summed E-state index contributed by atoms with van der Waals surface area (Å²) in [5.74, 6) is 0.750. The molecule has 0 aliphatic carbocycles. The lowest BCUT2D eigenvalue weighted by Gasteiger charge is -2.19. The van der Waals surface area contributed by atoms with Gasteiger partial charge in [-0.05, 0) is 43.5 Å². The number of hydrogen-bond donors (Lipinski definition) is 1. The molecule has 2 rings (SSSR count). The fourth-order valence-corrected chi connectivity index (χ4v) is 2.41. The van der Waals surface area contributed by atoms with Gasteiger partial charge in [0.25, 0.3) is 0 Å². The number of rotatable bonds is 4. The lowest BCUT2D eigenvalue weighted by atomic mass is 9.93. The molecule has 100 valence electrons. The molecule has 2 heteroatoms. The molecule has 0 heterocycles. The van der Waals surface area contributed by atoms with Crippen molar-refractivity contribution in [1.82, 2.24) is 0 Å². The Kier molecular flexibility index (Phi) is 4.23. The Morgan fingerprint density at radius 1 is 1.00 bits per heavy atom. The maximum absolute atomic E-state index is 10.7. The van der Waals surface area contributed by atoms with Crippen LogP contribution in [0.4, 0.5) is 0 Å². The number of para-hydroxylation sites is 1. The summed E-state index contributed by atoms with van der Waals surface area (Å²) in [6.07, 6.45) is -0.649. The van der Waals surface area contributed by atoms with Crippen LogP contribution in [0.3, 0.4) is 0 Å². The first-order chi connectivity index (χ1) is 9.15. The molecule has 0 fully saturated rings. The van der Waals surface area contributed by atoms with Crippen LogP contribution in [-0.2, 0) is 0 Å². The molecule has 0 aliphatic heterocycles. The topological polar surface area (TPSA) is 29.5 Å². The molecule has 2 aromatic rings. The van der Waals surface area contributed by atoms with Crippen LogP contribution in [0.15, 0.2) is 42.5 Å². The molecule has 1 N–H and O–H groups in total. The van der Waals surface area contributed by atoms with Gasteiger partial charge in [-0.1, -0.05) is 36.4 Å². The van der Waals surface area contributed by atoms with E-state index in [0.717, 1.165) is 28.0 Å². The van der Waals surface area contributed by atoms with Gasteiger partial charge in [0.15, 0.2) is 0 Å².